The molecule has 0 saturated heterocycles. The molecule has 0 heterocycles. The van der Waals surface area contributed by atoms with Crippen LogP contribution in [0.15, 0.2) is 48.5 Å². The summed E-state index contributed by atoms with van der Waals surface area (Å²) in [5.41, 5.74) is 0.229. The van der Waals surface area contributed by atoms with Gasteiger partial charge in [0, 0.05) is 19.6 Å². The van der Waals surface area contributed by atoms with Crippen LogP contribution < -0.4 is 9.47 Å². The summed E-state index contributed by atoms with van der Waals surface area (Å²) < 4.78 is 120. The molecule has 32 heavy (non-hydrogen) atoms. The van der Waals surface area contributed by atoms with E-state index in [-0.39, 0.29) is 24.2 Å². The van der Waals surface area contributed by atoms with Crippen LogP contribution in [0, 0.1) is 0 Å². The lowest BCUT2D eigenvalue weighted by Gasteiger charge is -2.26. The minimum atomic E-state index is -4.99. The number of benzene rings is 2. The second kappa shape index (κ2) is 9.86. The third kappa shape index (κ3) is 9.22. The number of rotatable bonds is 8. The first-order valence-electron chi connectivity index (χ1n) is 8.77. The van der Waals surface area contributed by atoms with Gasteiger partial charge < -0.3 is 14.6 Å². The molecule has 0 fully saturated rings. The number of aliphatic hydroxyl groups is 1. The van der Waals surface area contributed by atoms with E-state index in [2.05, 4.69) is 9.47 Å². The van der Waals surface area contributed by atoms with Crippen LogP contribution in [0.2, 0.25) is 0 Å². The molecule has 2 aromatic rings. The third-order valence-electron chi connectivity index (χ3n) is 3.89. The topological polar surface area (TPSA) is 41.9 Å². The van der Waals surface area contributed by atoms with E-state index in [0.29, 0.717) is 0 Å². The molecule has 1 atom stereocenters. The predicted molar refractivity (Wildman–Crippen MR) is 92.4 cm³/mol. The van der Waals surface area contributed by atoms with Gasteiger partial charge in [-0.15, -0.1) is 26.3 Å². The number of halogens is 9. The van der Waals surface area contributed by atoms with Crippen molar-refractivity contribution < 1.29 is 54.1 Å². The van der Waals surface area contributed by atoms with Crippen molar-refractivity contribution >= 4 is 0 Å². The summed E-state index contributed by atoms with van der Waals surface area (Å²) in [5, 5.41) is 9.41. The van der Waals surface area contributed by atoms with E-state index in [1.54, 1.807) is 0 Å². The number of ether oxygens (including phenoxy) is 2. The van der Waals surface area contributed by atoms with Crippen molar-refractivity contribution in [3.05, 3.63) is 59.7 Å². The molecule has 1 N–H and O–H groups in total. The highest BCUT2D eigenvalue weighted by Crippen LogP contribution is 2.27. The van der Waals surface area contributed by atoms with Gasteiger partial charge in [-0.2, -0.15) is 13.2 Å². The van der Waals surface area contributed by atoms with Crippen molar-refractivity contribution in [3.8, 4) is 11.5 Å². The van der Waals surface area contributed by atoms with Crippen LogP contribution >= 0.6 is 0 Å². The SMILES string of the molecule is O[C@@H](CN(Cc1cccc(OC(F)(F)F)c1)Cc1cccc(OC(F)(F)F)c1)C(F)(F)F. The van der Waals surface area contributed by atoms with Gasteiger partial charge in [-0.25, -0.2) is 0 Å². The highest BCUT2D eigenvalue weighted by molar-refractivity contribution is 5.30. The van der Waals surface area contributed by atoms with Crippen molar-refractivity contribution in [2.45, 2.75) is 38.1 Å². The molecule has 0 saturated carbocycles. The van der Waals surface area contributed by atoms with Crippen molar-refractivity contribution in [3.63, 3.8) is 0 Å². The van der Waals surface area contributed by atoms with E-state index in [9.17, 15) is 44.6 Å². The van der Waals surface area contributed by atoms with Gasteiger partial charge in [0.2, 0.25) is 0 Å². The van der Waals surface area contributed by atoms with E-state index in [1.165, 1.54) is 24.3 Å². The van der Waals surface area contributed by atoms with Crippen molar-refractivity contribution in [1.82, 2.24) is 4.90 Å². The van der Waals surface area contributed by atoms with Gasteiger partial charge in [0.05, 0.1) is 0 Å². The minimum absolute atomic E-state index is 0.115. The Hall–Kier alpha value is -2.67. The lowest BCUT2D eigenvalue weighted by atomic mass is 10.1. The fourth-order valence-electron chi connectivity index (χ4n) is 2.73. The summed E-state index contributed by atoms with van der Waals surface area (Å²) >= 11 is 0. The molecule has 2 rings (SSSR count). The average Bonchev–Trinajstić information content (AvgIpc) is 2.58. The predicted octanol–water partition coefficient (Wildman–Crippen LogP) is 5.41. The molecule has 13 heteroatoms. The molecular weight excluding hydrogens is 461 g/mol. The quantitative estimate of drug-likeness (QED) is 0.517. The molecule has 4 nitrogen and oxygen atoms in total. The van der Waals surface area contributed by atoms with Gasteiger partial charge in [0.15, 0.2) is 6.10 Å². The lowest BCUT2D eigenvalue weighted by Crippen LogP contribution is -2.40. The Morgan fingerprint density at radius 3 is 1.47 bits per heavy atom. The minimum Gasteiger partial charge on any atom is -0.406 e. The average molecular weight is 477 g/mol. The second-order valence-electron chi connectivity index (χ2n) is 6.62. The Balaban J connectivity index is 2.24. The number of hydrogen-bond acceptors (Lipinski definition) is 4. The van der Waals surface area contributed by atoms with Crippen LogP contribution in [-0.2, 0) is 13.1 Å². The van der Waals surface area contributed by atoms with Crippen LogP contribution in [0.1, 0.15) is 11.1 Å². The van der Waals surface area contributed by atoms with Gasteiger partial charge >= 0.3 is 18.9 Å². The molecule has 178 valence electrons. The van der Waals surface area contributed by atoms with Gasteiger partial charge in [-0.3, -0.25) is 4.90 Å². The van der Waals surface area contributed by atoms with Crippen LogP contribution in [0.5, 0.6) is 11.5 Å². The molecule has 0 amide bonds. The van der Waals surface area contributed by atoms with Gasteiger partial charge in [0.25, 0.3) is 0 Å². The Morgan fingerprint density at radius 1 is 0.719 bits per heavy atom. The maximum atomic E-state index is 12.8. The van der Waals surface area contributed by atoms with E-state index < -0.39 is 43.0 Å². The van der Waals surface area contributed by atoms with Crippen molar-refractivity contribution in [2.75, 3.05) is 6.54 Å². The van der Waals surface area contributed by atoms with E-state index >= 15 is 0 Å². The summed E-state index contributed by atoms with van der Waals surface area (Å²) in [5.74, 6) is -1.21. The number of alkyl halides is 9. The first-order valence-corrected chi connectivity index (χ1v) is 8.77. The molecule has 0 bridgehead atoms. The zero-order valence-electron chi connectivity index (χ0n) is 15.9. The summed E-state index contributed by atoms with van der Waals surface area (Å²) in [6.45, 7) is -1.72. The molecule has 0 aliphatic heterocycles. The molecule has 0 aromatic heterocycles. The summed E-state index contributed by atoms with van der Waals surface area (Å²) in [6, 6.07) is 8.89. The fraction of sp³-hybridized carbons (Fsp3) is 0.368. The Kier molecular flexibility index (Phi) is 7.88. The monoisotopic (exact) mass is 477 g/mol. The molecule has 0 unspecified atom stereocenters. The van der Waals surface area contributed by atoms with Gasteiger partial charge in [0.1, 0.15) is 11.5 Å². The van der Waals surface area contributed by atoms with Gasteiger partial charge in [-0.1, -0.05) is 24.3 Å². The molecule has 0 spiro atoms. The van der Waals surface area contributed by atoms with Crippen LogP contribution in [-0.4, -0.2) is 41.6 Å². The molecule has 0 aliphatic carbocycles. The number of hydrogen-bond donors (Lipinski definition) is 1. The normalized spacial score (nSPS) is 13.8. The zero-order chi connectivity index (χ0) is 24.2. The summed E-state index contributed by atoms with van der Waals surface area (Å²) in [7, 11) is 0. The Bertz CT molecular complexity index is 820. The Labute approximate surface area is 175 Å². The van der Waals surface area contributed by atoms with Crippen molar-refractivity contribution in [2.24, 2.45) is 0 Å². The Morgan fingerprint density at radius 2 is 1.12 bits per heavy atom. The molecular formula is C19H16F9NO3. The van der Waals surface area contributed by atoms with E-state index in [1.807, 2.05) is 0 Å². The molecule has 0 aliphatic rings. The molecule has 2 aromatic carbocycles. The maximum absolute atomic E-state index is 12.8. The van der Waals surface area contributed by atoms with Crippen LogP contribution in [0.25, 0.3) is 0 Å². The maximum Gasteiger partial charge on any atom is 0.573 e. The first kappa shape index (κ1) is 25.6. The standard InChI is InChI=1S/C19H16F9NO3/c20-17(21,22)16(30)11-29(9-12-3-1-5-14(7-12)31-18(23,24)25)10-13-4-2-6-15(8-13)32-19(26,27)28/h1-8,16,30H,9-11H2/t16-/m0/s1. The number of aliphatic hydroxyl groups excluding tert-OH is 1. The number of nitrogens with zero attached hydrogens (tertiary/aromatic N) is 1. The van der Waals surface area contributed by atoms with Crippen LogP contribution in [0.3, 0.4) is 0 Å². The zero-order valence-corrected chi connectivity index (χ0v) is 15.9. The highest BCUT2D eigenvalue weighted by Gasteiger charge is 2.39. The summed E-state index contributed by atoms with van der Waals surface area (Å²) in [6.07, 6.45) is -17.7. The largest absolute Gasteiger partial charge is 0.573 e. The summed E-state index contributed by atoms with van der Waals surface area (Å²) in [4.78, 5) is 1.01. The second-order valence-corrected chi connectivity index (χ2v) is 6.62. The third-order valence-corrected chi connectivity index (χ3v) is 3.89. The lowest BCUT2D eigenvalue weighted by molar-refractivity contribution is -0.275. The van der Waals surface area contributed by atoms with E-state index in [4.69, 9.17) is 0 Å². The van der Waals surface area contributed by atoms with E-state index in [0.717, 1.165) is 29.2 Å². The fourth-order valence-corrected chi connectivity index (χ4v) is 2.73. The smallest absolute Gasteiger partial charge is 0.406 e. The highest BCUT2D eigenvalue weighted by atomic mass is 19.4. The molecule has 0 radical (unpaired) electrons. The first-order chi connectivity index (χ1) is 14.6. The van der Waals surface area contributed by atoms with Gasteiger partial charge in [-0.05, 0) is 35.4 Å². The van der Waals surface area contributed by atoms with Crippen molar-refractivity contribution in [1.29, 1.82) is 0 Å². The van der Waals surface area contributed by atoms with Crippen LogP contribution in [0.4, 0.5) is 39.5 Å².